The summed E-state index contributed by atoms with van der Waals surface area (Å²) < 4.78 is 0. The Balaban J connectivity index is 1.78. The number of fused-ring (bicyclic) bond motifs is 1. The van der Waals surface area contributed by atoms with Crippen LogP contribution in [0.15, 0.2) is 17.8 Å². The average molecular weight is 254 g/mol. The topological polar surface area (TPSA) is 68.0 Å². The Morgan fingerprint density at radius 1 is 1.26 bits per heavy atom. The quantitative estimate of drug-likeness (QED) is 0.498. The molecule has 5 rings (SSSR count). The molecule has 19 heavy (non-hydrogen) atoms. The molecule has 2 aliphatic carbocycles. The third-order valence-electron chi connectivity index (χ3n) is 4.09. The van der Waals surface area contributed by atoms with Crippen molar-refractivity contribution in [3.8, 4) is 0 Å². The number of rotatable bonds is 1. The predicted octanol–water partition coefficient (Wildman–Crippen LogP) is -1.37. The van der Waals surface area contributed by atoms with Gasteiger partial charge in [-0.3, -0.25) is 5.10 Å². The molecule has 0 spiro atoms. The van der Waals surface area contributed by atoms with Crippen LogP contribution in [0.2, 0.25) is 0 Å². The molecule has 0 saturated heterocycles. The second kappa shape index (κ2) is 3.21. The van der Waals surface area contributed by atoms with Crippen molar-refractivity contribution in [1.29, 1.82) is 0 Å². The van der Waals surface area contributed by atoms with Crippen molar-refractivity contribution in [1.82, 2.24) is 31.5 Å². The van der Waals surface area contributed by atoms with Gasteiger partial charge in [0.25, 0.3) is 0 Å². The number of aromatic amines is 1. The van der Waals surface area contributed by atoms with Gasteiger partial charge in [-0.1, -0.05) is 0 Å². The van der Waals surface area contributed by atoms with Crippen LogP contribution in [-0.4, -0.2) is 27.8 Å². The van der Waals surface area contributed by atoms with Gasteiger partial charge in [-0.25, -0.2) is 5.43 Å². The van der Waals surface area contributed by atoms with Gasteiger partial charge < -0.3 is 15.9 Å². The van der Waals surface area contributed by atoms with Gasteiger partial charge in [-0.15, -0.1) is 0 Å². The van der Waals surface area contributed by atoms with Crippen LogP contribution in [0.4, 0.5) is 0 Å². The van der Waals surface area contributed by atoms with Gasteiger partial charge in [0.05, 0.1) is 22.0 Å². The molecule has 0 amide bonds. The summed E-state index contributed by atoms with van der Waals surface area (Å²) in [6.45, 7) is 0.855. The van der Waals surface area contributed by atoms with E-state index < -0.39 is 0 Å². The summed E-state index contributed by atoms with van der Waals surface area (Å²) in [5.74, 6) is 0. The number of H-pyrrole nitrogens is 1. The summed E-state index contributed by atoms with van der Waals surface area (Å²) in [5, 5.41) is 12.1. The summed E-state index contributed by atoms with van der Waals surface area (Å²) in [7, 11) is 0. The maximum absolute atomic E-state index is 4.51. The van der Waals surface area contributed by atoms with Crippen molar-refractivity contribution in [3.05, 3.63) is 34.1 Å². The highest BCUT2D eigenvalue weighted by Crippen LogP contribution is 2.35. The maximum atomic E-state index is 4.51. The summed E-state index contributed by atoms with van der Waals surface area (Å²) in [5.41, 5.74) is 14.4. The molecule has 0 radical (unpaired) electrons. The highest BCUT2D eigenvalue weighted by Gasteiger charge is 2.36. The number of hydrogen-bond donors (Lipinski definition) is 4. The van der Waals surface area contributed by atoms with Gasteiger partial charge >= 0.3 is 0 Å². The van der Waals surface area contributed by atoms with E-state index in [1.807, 2.05) is 6.20 Å². The Hall–Kier alpha value is -2.21. The molecular weight excluding hydrogens is 240 g/mol. The van der Waals surface area contributed by atoms with Crippen molar-refractivity contribution in [2.45, 2.75) is 18.9 Å². The highest BCUT2D eigenvalue weighted by molar-refractivity contribution is 5.77. The fraction of sp³-hybridized carbons (Fsp3) is 0.308. The number of nitrogens with one attached hydrogen (secondary N) is 4. The predicted molar refractivity (Wildman–Crippen MR) is 70.9 cm³/mol. The zero-order valence-corrected chi connectivity index (χ0v) is 10.3. The third-order valence-corrected chi connectivity index (χ3v) is 4.09. The first-order chi connectivity index (χ1) is 9.42. The smallest absolute Gasteiger partial charge is 0.102 e. The highest BCUT2D eigenvalue weighted by atomic mass is 15.6. The summed E-state index contributed by atoms with van der Waals surface area (Å²) in [6.07, 6.45) is 8.79. The SMILES string of the molecule is C1=CC2=c3c(n[nH]c3=CNN2)C2=C1N(C1CC1)NC2. The largest absolute Gasteiger partial charge is 0.306 e. The molecule has 0 atom stereocenters. The zero-order chi connectivity index (χ0) is 12.4. The lowest BCUT2D eigenvalue weighted by Gasteiger charge is -2.19. The molecule has 4 N–H and O–H groups in total. The molecule has 3 heterocycles. The van der Waals surface area contributed by atoms with Crippen LogP contribution < -0.4 is 26.8 Å². The van der Waals surface area contributed by atoms with E-state index in [9.17, 15) is 0 Å². The standard InChI is InChI=1S/C13H14N6/c1-2-7(1)19-11-4-3-9-12-10(6-14-16-9)17-18-13(12)8(11)5-15-19/h3-4,6-7,14-17H,1-2,5H2. The molecule has 1 saturated carbocycles. The normalized spacial score (nSPS) is 23.4. The monoisotopic (exact) mass is 254 g/mol. The van der Waals surface area contributed by atoms with E-state index >= 15 is 0 Å². The fourth-order valence-electron chi connectivity index (χ4n) is 3.02. The number of allylic oxidation sites excluding steroid dienone is 1. The van der Waals surface area contributed by atoms with Crippen molar-refractivity contribution in [2.24, 2.45) is 0 Å². The zero-order valence-electron chi connectivity index (χ0n) is 10.3. The van der Waals surface area contributed by atoms with Crippen molar-refractivity contribution < 1.29 is 0 Å². The fourth-order valence-corrected chi connectivity index (χ4v) is 3.02. The number of aromatic nitrogens is 2. The van der Waals surface area contributed by atoms with Crippen LogP contribution in [0.3, 0.4) is 0 Å². The lowest BCUT2D eigenvalue weighted by Crippen LogP contribution is -2.43. The Bertz CT molecular complexity index is 749. The number of nitrogens with zero attached hydrogens (tertiary/aromatic N) is 2. The van der Waals surface area contributed by atoms with E-state index in [1.54, 1.807) is 0 Å². The van der Waals surface area contributed by atoms with Gasteiger partial charge in [0, 0.05) is 24.4 Å². The van der Waals surface area contributed by atoms with Gasteiger partial charge in [-0.05, 0) is 25.0 Å². The molecule has 0 bridgehead atoms. The first-order valence-electron chi connectivity index (χ1n) is 6.66. The van der Waals surface area contributed by atoms with E-state index in [-0.39, 0.29) is 0 Å². The van der Waals surface area contributed by atoms with Crippen molar-refractivity contribution in [2.75, 3.05) is 6.54 Å². The van der Waals surface area contributed by atoms with E-state index in [2.05, 4.69) is 43.6 Å². The lowest BCUT2D eigenvalue weighted by molar-refractivity contribution is 0.279. The van der Waals surface area contributed by atoms with Crippen LogP contribution >= 0.6 is 0 Å². The summed E-state index contributed by atoms with van der Waals surface area (Å²) in [6, 6.07) is 0.656. The Morgan fingerprint density at radius 3 is 3.11 bits per heavy atom. The minimum absolute atomic E-state index is 0.656. The molecule has 0 aromatic carbocycles. The minimum atomic E-state index is 0.656. The van der Waals surface area contributed by atoms with Crippen LogP contribution in [-0.2, 0) is 0 Å². The molecule has 4 aliphatic rings. The summed E-state index contributed by atoms with van der Waals surface area (Å²) in [4.78, 5) is 0. The molecule has 6 nitrogen and oxygen atoms in total. The van der Waals surface area contributed by atoms with Crippen LogP contribution in [0.5, 0.6) is 0 Å². The first kappa shape index (κ1) is 9.69. The first-order valence-corrected chi connectivity index (χ1v) is 6.66. The van der Waals surface area contributed by atoms with Gasteiger partial charge in [0.1, 0.15) is 5.69 Å². The van der Waals surface area contributed by atoms with E-state index in [4.69, 9.17) is 0 Å². The van der Waals surface area contributed by atoms with Gasteiger partial charge in [-0.2, -0.15) is 5.10 Å². The summed E-state index contributed by atoms with van der Waals surface area (Å²) >= 11 is 0. The van der Waals surface area contributed by atoms with Crippen molar-refractivity contribution in [3.63, 3.8) is 0 Å². The van der Waals surface area contributed by atoms with Crippen LogP contribution in [0, 0.1) is 0 Å². The molecule has 1 aromatic heterocycles. The molecular formula is C13H14N6. The second-order valence-corrected chi connectivity index (χ2v) is 5.32. The molecule has 1 aromatic rings. The Labute approximate surface area is 109 Å². The Kier molecular flexibility index (Phi) is 1.64. The van der Waals surface area contributed by atoms with E-state index in [1.165, 1.54) is 29.3 Å². The van der Waals surface area contributed by atoms with E-state index in [0.29, 0.717) is 6.04 Å². The number of hydrogen-bond acceptors (Lipinski definition) is 5. The van der Waals surface area contributed by atoms with Crippen molar-refractivity contribution >= 4 is 17.5 Å². The lowest BCUT2D eigenvalue weighted by atomic mass is 10.1. The average Bonchev–Trinajstić information content (AvgIpc) is 3.09. The van der Waals surface area contributed by atoms with Gasteiger partial charge in [0.2, 0.25) is 0 Å². The minimum Gasteiger partial charge on any atom is -0.306 e. The van der Waals surface area contributed by atoms with Crippen LogP contribution in [0.1, 0.15) is 18.5 Å². The van der Waals surface area contributed by atoms with Crippen LogP contribution in [0.25, 0.3) is 17.5 Å². The molecule has 1 fully saturated rings. The molecule has 6 heteroatoms. The van der Waals surface area contributed by atoms with E-state index in [0.717, 1.165) is 23.3 Å². The number of hydrazine groups is 2. The molecule has 2 aliphatic heterocycles. The molecule has 0 unspecified atom stereocenters. The maximum Gasteiger partial charge on any atom is 0.102 e. The Morgan fingerprint density at radius 2 is 2.21 bits per heavy atom. The van der Waals surface area contributed by atoms with Gasteiger partial charge in [0.15, 0.2) is 0 Å². The molecule has 96 valence electrons. The second-order valence-electron chi connectivity index (χ2n) is 5.32. The third kappa shape index (κ3) is 1.21.